The second-order valence-corrected chi connectivity index (χ2v) is 7.17. The standard InChI is InChI=1S/C21H24N6O/c1-16-3-5-17(6-4-16)15-22-21(28)18-9-13-26(14-10-18)19-7-8-20(25-24-19)27-12-2-11-23-27/h2-8,11-12,18H,9-10,13-15H2,1H3,(H,22,28). The second kappa shape index (κ2) is 8.21. The minimum atomic E-state index is 0.0537. The molecule has 1 amide bonds. The number of nitrogens with one attached hydrogen (secondary N) is 1. The molecule has 0 atom stereocenters. The van der Waals surface area contributed by atoms with Crippen LogP contribution >= 0.6 is 0 Å². The smallest absolute Gasteiger partial charge is 0.223 e. The van der Waals surface area contributed by atoms with Crippen LogP contribution in [-0.2, 0) is 11.3 Å². The zero-order valence-corrected chi connectivity index (χ0v) is 16.0. The van der Waals surface area contributed by atoms with Crippen molar-refractivity contribution in [1.82, 2.24) is 25.3 Å². The number of carbonyl (C=O) groups excluding carboxylic acids is 1. The molecule has 2 aromatic heterocycles. The van der Waals surface area contributed by atoms with Crippen LogP contribution in [0.4, 0.5) is 5.82 Å². The lowest BCUT2D eigenvalue weighted by Gasteiger charge is -2.31. The average Bonchev–Trinajstić information content (AvgIpc) is 3.28. The zero-order chi connectivity index (χ0) is 19.3. The zero-order valence-electron chi connectivity index (χ0n) is 16.0. The molecule has 0 spiro atoms. The number of hydrogen-bond donors (Lipinski definition) is 1. The van der Waals surface area contributed by atoms with Crippen molar-refractivity contribution in [1.29, 1.82) is 0 Å². The van der Waals surface area contributed by atoms with Crippen LogP contribution in [0.2, 0.25) is 0 Å². The van der Waals surface area contributed by atoms with Crippen LogP contribution in [0.5, 0.6) is 0 Å². The average molecular weight is 376 g/mol. The van der Waals surface area contributed by atoms with Gasteiger partial charge in [-0.15, -0.1) is 10.2 Å². The summed E-state index contributed by atoms with van der Waals surface area (Å²) < 4.78 is 1.68. The van der Waals surface area contributed by atoms with E-state index < -0.39 is 0 Å². The van der Waals surface area contributed by atoms with Gasteiger partial charge in [0.05, 0.1) is 0 Å². The first-order valence-corrected chi connectivity index (χ1v) is 9.61. The molecule has 1 aromatic carbocycles. The fourth-order valence-corrected chi connectivity index (χ4v) is 3.42. The Morgan fingerprint density at radius 1 is 1.07 bits per heavy atom. The van der Waals surface area contributed by atoms with E-state index in [0.717, 1.165) is 37.3 Å². The van der Waals surface area contributed by atoms with Crippen LogP contribution in [0.1, 0.15) is 24.0 Å². The predicted octanol–water partition coefficient (Wildman–Crippen LogP) is 2.50. The molecule has 0 saturated carbocycles. The predicted molar refractivity (Wildman–Crippen MR) is 107 cm³/mol. The summed E-state index contributed by atoms with van der Waals surface area (Å²) in [6, 6.07) is 14.0. The van der Waals surface area contributed by atoms with Crippen LogP contribution < -0.4 is 10.2 Å². The molecule has 0 unspecified atom stereocenters. The molecule has 1 aliphatic rings. The summed E-state index contributed by atoms with van der Waals surface area (Å²) >= 11 is 0. The largest absolute Gasteiger partial charge is 0.355 e. The third-order valence-corrected chi connectivity index (χ3v) is 5.15. The Balaban J connectivity index is 1.28. The normalized spacial score (nSPS) is 14.8. The highest BCUT2D eigenvalue weighted by atomic mass is 16.1. The fraction of sp³-hybridized carbons (Fsp3) is 0.333. The van der Waals surface area contributed by atoms with E-state index in [-0.39, 0.29) is 11.8 Å². The highest BCUT2D eigenvalue weighted by Crippen LogP contribution is 2.22. The molecule has 7 nitrogen and oxygen atoms in total. The SMILES string of the molecule is Cc1ccc(CNC(=O)C2CCN(c3ccc(-n4cccn4)nn3)CC2)cc1. The van der Waals surface area contributed by atoms with E-state index >= 15 is 0 Å². The van der Waals surface area contributed by atoms with Crippen molar-refractivity contribution in [2.24, 2.45) is 5.92 Å². The molecule has 1 saturated heterocycles. The molecule has 4 rings (SSSR count). The summed E-state index contributed by atoms with van der Waals surface area (Å²) in [4.78, 5) is 14.7. The van der Waals surface area contributed by atoms with Crippen LogP contribution in [0.3, 0.4) is 0 Å². The fourth-order valence-electron chi connectivity index (χ4n) is 3.42. The first-order chi connectivity index (χ1) is 13.7. The van der Waals surface area contributed by atoms with Crippen molar-refractivity contribution in [2.75, 3.05) is 18.0 Å². The van der Waals surface area contributed by atoms with Gasteiger partial charge in [-0.2, -0.15) is 5.10 Å². The summed E-state index contributed by atoms with van der Waals surface area (Å²) in [7, 11) is 0. The highest BCUT2D eigenvalue weighted by Gasteiger charge is 2.25. The van der Waals surface area contributed by atoms with Gasteiger partial charge in [0.2, 0.25) is 5.91 Å². The molecule has 1 fully saturated rings. The summed E-state index contributed by atoms with van der Waals surface area (Å²) in [6.45, 7) is 4.25. The molecule has 1 aliphatic heterocycles. The van der Waals surface area contributed by atoms with Crippen LogP contribution in [0.25, 0.3) is 5.82 Å². The Kier molecular flexibility index (Phi) is 5.32. The van der Waals surface area contributed by atoms with Gasteiger partial charge in [-0.3, -0.25) is 4.79 Å². The molecule has 1 N–H and O–H groups in total. The van der Waals surface area contributed by atoms with Gasteiger partial charge < -0.3 is 10.2 Å². The Morgan fingerprint density at radius 3 is 2.43 bits per heavy atom. The Morgan fingerprint density at radius 2 is 1.79 bits per heavy atom. The summed E-state index contributed by atoms with van der Waals surface area (Å²) in [6.07, 6.45) is 5.19. The first kappa shape index (κ1) is 18.2. The maximum absolute atomic E-state index is 12.5. The van der Waals surface area contributed by atoms with E-state index in [4.69, 9.17) is 0 Å². The van der Waals surface area contributed by atoms with Gasteiger partial charge in [0.15, 0.2) is 11.6 Å². The Labute approximate surface area is 164 Å². The number of anilines is 1. The van der Waals surface area contributed by atoms with Gasteiger partial charge in [0.25, 0.3) is 0 Å². The molecule has 0 aliphatic carbocycles. The van der Waals surface area contributed by atoms with Gasteiger partial charge in [-0.25, -0.2) is 4.68 Å². The number of nitrogens with zero attached hydrogens (tertiary/aromatic N) is 5. The van der Waals surface area contributed by atoms with Crippen molar-refractivity contribution in [3.63, 3.8) is 0 Å². The molecular formula is C21H24N6O. The molecule has 144 valence electrons. The van der Waals surface area contributed by atoms with Crippen molar-refractivity contribution < 1.29 is 4.79 Å². The topological polar surface area (TPSA) is 75.9 Å². The Hall–Kier alpha value is -3.22. The number of aryl methyl sites for hydroxylation is 1. The van der Waals surface area contributed by atoms with Crippen molar-refractivity contribution >= 4 is 11.7 Å². The van der Waals surface area contributed by atoms with Gasteiger partial charge in [-0.05, 0) is 43.5 Å². The van der Waals surface area contributed by atoms with E-state index in [0.29, 0.717) is 12.4 Å². The van der Waals surface area contributed by atoms with Crippen molar-refractivity contribution in [3.8, 4) is 5.82 Å². The van der Waals surface area contributed by atoms with Crippen LogP contribution in [-0.4, -0.2) is 39.0 Å². The Bertz CT molecular complexity index is 897. The maximum Gasteiger partial charge on any atom is 0.223 e. The minimum absolute atomic E-state index is 0.0537. The minimum Gasteiger partial charge on any atom is -0.355 e. The molecule has 0 radical (unpaired) electrons. The van der Waals surface area contributed by atoms with E-state index in [9.17, 15) is 4.79 Å². The van der Waals surface area contributed by atoms with Gasteiger partial charge in [0, 0.05) is 37.9 Å². The van der Waals surface area contributed by atoms with E-state index in [2.05, 4.69) is 56.7 Å². The number of hydrogen-bond acceptors (Lipinski definition) is 5. The van der Waals surface area contributed by atoms with Crippen LogP contribution in [0, 0.1) is 12.8 Å². The second-order valence-electron chi connectivity index (χ2n) is 7.17. The molecular weight excluding hydrogens is 352 g/mol. The highest BCUT2D eigenvalue weighted by molar-refractivity contribution is 5.79. The van der Waals surface area contributed by atoms with Crippen molar-refractivity contribution in [3.05, 3.63) is 66.0 Å². The number of piperidine rings is 1. The van der Waals surface area contributed by atoms with E-state index in [1.54, 1.807) is 10.9 Å². The summed E-state index contributed by atoms with van der Waals surface area (Å²) in [5.41, 5.74) is 2.35. The first-order valence-electron chi connectivity index (χ1n) is 9.61. The lowest BCUT2D eigenvalue weighted by Crippen LogP contribution is -2.40. The third-order valence-electron chi connectivity index (χ3n) is 5.15. The molecule has 7 heteroatoms. The number of rotatable bonds is 5. The van der Waals surface area contributed by atoms with Gasteiger partial charge in [-0.1, -0.05) is 29.8 Å². The van der Waals surface area contributed by atoms with Gasteiger partial charge in [0.1, 0.15) is 0 Å². The number of benzene rings is 1. The molecule has 0 bridgehead atoms. The summed E-state index contributed by atoms with van der Waals surface area (Å²) in [5.74, 6) is 1.73. The lowest BCUT2D eigenvalue weighted by molar-refractivity contribution is -0.125. The third kappa shape index (κ3) is 4.19. The number of carbonyl (C=O) groups is 1. The van der Waals surface area contributed by atoms with Gasteiger partial charge >= 0.3 is 0 Å². The molecule has 28 heavy (non-hydrogen) atoms. The maximum atomic E-state index is 12.5. The number of aromatic nitrogens is 4. The van der Waals surface area contributed by atoms with Crippen LogP contribution in [0.15, 0.2) is 54.9 Å². The molecule has 3 heterocycles. The summed E-state index contributed by atoms with van der Waals surface area (Å²) in [5, 5.41) is 15.8. The number of amides is 1. The lowest BCUT2D eigenvalue weighted by atomic mass is 9.96. The monoisotopic (exact) mass is 376 g/mol. The molecule has 3 aromatic rings. The quantitative estimate of drug-likeness (QED) is 0.740. The van der Waals surface area contributed by atoms with E-state index in [1.807, 2.05) is 24.4 Å². The van der Waals surface area contributed by atoms with Crippen molar-refractivity contribution in [2.45, 2.75) is 26.3 Å². The van der Waals surface area contributed by atoms with E-state index in [1.165, 1.54) is 5.56 Å².